The molecule has 10 heteroatoms. The summed E-state index contributed by atoms with van der Waals surface area (Å²) in [5.41, 5.74) is 0.758. The lowest BCUT2D eigenvalue weighted by atomic mass is 9.85. The highest BCUT2D eigenvalue weighted by molar-refractivity contribution is 6.31. The number of imidazole rings is 1. The number of hydrogen-bond donors (Lipinski definition) is 1. The molecular formula is C24H27ClN6O3. The van der Waals surface area contributed by atoms with Gasteiger partial charge in [-0.15, -0.1) is 0 Å². The third-order valence-electron chi connectivity index (χ3n) is 6.87. The number of anilines is 1. The van der Waals surface area contributed by atoms with Crippen LogP contribution in [0.15, 0.2) is 46.5 Å². The van der Waals surface area contributed by atoms with Crippen LogP contribution in [-0.2, 0) is 24.9 Å². The number of benzene rings is 1. The Morgan fingerprint density at radius 1 is 1.24 bits per heavy atom. The normalized spacial score (nSPS) is 19.9. The van der Waals surface area contributed by atoms with E-state index >= 15 is 0 Å². The Labute approximate surface area is 201 Å². The minimum Gasteiger partial charge on any atom is -0.350 e. The number of fused-ring (bicyclic) bond motifs is 3. The van der Waals surface area contributed by atoms with Crippen molar-refractivity contribution < 1.29 is 4.79 Å². The van der Waals surface area contributed by atoms with E-state index in [0.29, 0.717) is 34.2 Å². The van der Waals surface area contributed by atoms with E-state index in [-0.39, 0.29) is 30.1 Å². The average Bonchev–Trinajstić information content (AvgIpc) is 3.07. The second-order valence-electron chi connectivity index (χ2n) is 9.00. The van der Waals surface area contributed by atoms with Crippen LogP contribution in [0.2, 0.25) is 5.02 Å². The molecule has 9 nitrogen and oxygen atoms in total. The van der Waals surface area contributed by atoms with Crippen molar-refractivity contribution in [1.29, 1.82) is 0 Å². The van der Waals surface area contributed by atoms with Crippen LogP contribution < -0.4 is 21.5 Å². The van der Waals surface area contributed by atoms with Gasteiger partial charge >= 0.3 is 5.69 Å². The lowest BCUT2D eigenvalue weighted by molar-refractivity contribution is -0.117. The van der Waals surface area contributed by atoms with Gasteiger partial charge in [-0.3, -0.25) is 18.7 Å². The first-order valence-electron chi connectivity index (χ1n) is 11.5. The van der Waals surface area contributed by atoms with Crippen LogP contribution in [0.1, 0.15) is 31.2 Å². The molecule has 0 saturated heterocycles. The molecule has 3 aromatic rings. The number of halogens is 1. The molecule has 1 fully saturated rings. The summed E-state index contributed by atoms with van der Waals surface area (Å²) < 4.78 is 4.64. The van der Waals surface area contributed by atoms with Crippen LogP contribution in [0.5, 0.6) is 0 Å². The number of carbonyl (C=O) groups is 1. The van der Waals surface area contributed by atoms with Crippen molar-refractivity contribution in [3.05, 3.63) is 68.3 Å². The molecule has 1 aliphatic heterocycles. The summed E-state index contributed by atoms with van der Waals surface area (Å²) in [7, 11) is 1.65. The number of rotatable bonds is 5. The largest absolute Gasteiger partial charge is 0.350 e. The topological polar surface area (TPSA) is 94.2 Å². The zero-order valence-corrected chi connectivity index (χ0v) is 19.8. The zero-order valence-electron chi connectivity index (χ0n) is 19.0. The van der Waals surface area contributed by atoms with Gasteiger partial charge in [-0.2, -0.15) is 4.98 Å². The highest BCUT2D eigenvalue weighted by Gasteiger charge is 2.37. The first-order chi connectivity index (χ1) is 16.4. The summed E-state index contributed by atoms with van der Waals surface area (Å²) in [6.45, 7) is 5.08. The second-order valence-corrected chi connectivity index (χ2v) is 9.40. The van der Waals surface area contributed by atoms with Gasteiger partial charge in [0.1, 0.15) is 0 Å². The third-order valence-corrected chi connectivity index (χ3v) is 7.24. The van der Waals surface area contributed by atoms with E-state index < -0.39 is 5.69 Å². The van der Waals surface area contributed by atoms with Gasteiger partial charge in [-0.05, 0) is 43.4 Å². The van der Waals surface area contributed by atoms with E-state index in [9.17, 15) is 14.4 Å². The van der Waals surface area contributed by atoms with E-state index in [1.807, 2.05) is 22.8 Å². The van der Waals surface area contributed by atoms with Gasteiger partial charge in [0, 0.05) is 37.2 Å². The molecule has 5 rings (SSSR count). The van der Waals surface area contributed by atoms with Crippen molar-refractivity contribution in [2.24, 2.45) is 7.05 Å². The summed E-state index contributed by atoms with van der Waals surface area (Å²) in [6.07, 6.45) is 4.78. The second kappa shape index (κ2) is 8.79. The van der Waals surface area contributed by atoms with Crippen LogP contribution >= 0.6 is 11.6 Å². The predicted octanol–water partition coefficient (Wildman–Crippen LogP) is 2.03. The quantitative estimate of drug-likeness (QED) is 0.561. The average molecular weight is 483 g/mol. The Morgan fingerprint density at radius 2 is 1.97 bits per heavy atom. The van der Waals surface area contributed by atoms with E-state index in [4.69, 9.17) is 16.6 Å². The number of amides is 1. The van der Waals surface area contributed by atoms with Crippen molar-refractivity contribution in [2.75, 3.05) is 11.4 Å². The number of nitrogens with one attached hydrogen (secondary N) is 1. The fourth-order valence-corrected chi connectivity index (χ4v) is 5.14. The van der Waals surface area contributed by atoms with Gasteiger partial charge in [0.25, 0.3) is 5.56 Å². The van der Waals surface area contributed by atoms with E-state index in [1.54, 1.807) is 13.1 Å². The molecule has 0 radical (unpaired) electrons. The molecule has 0 spiro atoms. The summed E-state index contributed by atoms with van der Waals surface area (Å²) in [5, 5.41) is 3.45. The number of carbonyl (C=O) groups excluding carboxylic acids is 1. The minimum atomic E-state index is -0.423. The molecule has 1 aromatic carbocycles. The summed E-state index contributed by atoms with van der Waals surface area (Å²) in [5.74, 6) is 0.550. The van der Waals surface area contributed by atoms with Crippen molar-refractivity contribution in [3.8, 4) is 0 Å². The highest BCUT2D eigenvalue weighted by atomic mass is 35.5. The molecule has 3 heterocycles. The molecule has 1 saturated carbocycles. The molecule has 1 N–H and O–H groups in total. The van der Waals surface area contributed by atoms with Gasteiger partial charge in [0.2, 0.25) is 11.9 Å². The summed E-state index contributed by atoms with van der Waals surface area (Å²) in [4.78, 5) is 45.4. The first-order valence-corrected chi connectivity index (χ1v) is 11.9. The minimum absolute atomic E-state index is 0.0959. The number of aryl methyl sites for hydroxylation is 2. The zero-order chi connectivity index (χ0) is 24.0. The Hall–Kier alpha value is -3.33. The SMILES string of the molecule is C=CC(=O)N[C@H]1C[C@H](N2CCCCn3c2nc2c3c(=O)n(Cc3ccccc3Cl)c(=O)n2C)C1. The maximum atomic E-state index is 13.6. The van der Waals surface area contributed by atoms with Gasteiger partial charge in [0.15, 0.2) is 11.2 Å². The van der Waals surface area contributed by atoms with Crippen LogP contribution in [0.25, 0.3) is 11.2 Å². The van der Waals surface area contributed by atoms with E-state index in [2.05, 4.69) is 16.8 Å². The van der Waals surface area contributed by atoms with Crippen LogP contribution in [0.3, 0.4) is 0 Å². The van der Waals surface area contributed by atoms with Crippen molar-refractivity contribution in [3.63, 3.8) is 0 Å². The van der Waals surface area contributed by atoms with E-state index in [1.165, 1.54) is 15.2 Å². The molecule has 2 aromatic heterocycles. The first kappa shape index (κ1) is 22.5. The van der Waals surface area contributed by atoms with Crippen molar-refractivity contribution in [1.82, 2.24) is 24.0 Å². The van der Waals surface area contributed by atoms with Crippen LogP contribution in [0.4, 0.5) is 5.95 Å². The van der Waals surface area contributed by atoms with Crippen molar-refractivity contribution in [2.45, 2.75) is 50.9 Å². The molecule has 0 bridgehead atoms. The Bertz CT molecular complexity index is 1400. The molecule has 34 heavy (non-hydrogen) atoms. The molecule has 1 amide bonds. The third kappa shape index (κ3) is 3.73. The lowest BCUT2D eigenvalue weighted by Crippen LogP contribution is -2.54. The van der Waals surface area contributed by atoms with Gasteiger partial charge in [-0.1, -0.05) is 36.4 Å². The fraction of sp³-hybridized carbons (Fsp3) is 0.417. The standard InChI is InChI=1S/C24H27ClN6O3/c1-3-19(32)26-16-12-17(13-16)29-10-6-7-11-30-20-21(27-23(29)30)28(2)24(34)31(22(20)33)14-15-8-4-5-9-18(15)25/h3-5,8-9,16-17H,1,6-7,10-14H2,2H3,(H,26,32)/t16-,17-. The number of nitrogens with zero attached hydrogens (tertiary/aromatic N) is 5. The Balaban J connectivity index is 1.55. The van der Waals surface area contributed by atoms with Gasteiger partial charge < -0.3 is 14.8 Å². The molecule has 0 atom stereocenters. The number of aromatic nitrogens is 4. The Kier molecular flexibility index (Phi) is 5.81. The molecule has 0 unspecified atom stereocenters. The van der Waals surface area contributed by atoms with Crippen LogP contribution in [-0.4, -0.2) is 43.2 Å². The monoisotopic (exact) mass is 482 g/mol. The summed E-state index contributed by atoms with van der Waals surface area (Å²) in [6, 6.07) is 7.53. The molecule has 2 aliphatic rings. The highest BCUT2D eigenvalue weighted by Crippen LogP contribution is 2.33. The molecule has 1 aliphatic carbocycles. The fourth-order valence-electron chi connectivity index (χ4n) is 4.95. The Morgan fingerprint density at radius 3 is 2.71 bits per heavy atom. The maximum Gasteiger partial charge on any atom is 0.332 e. The van der Waals surface area contributed by atoms with E-state index in [0.717, 1.165) is 32.2 Å². The number of hydrogen-bond acceptors (Lipinski definition) is 5. The summed E-state index contributed by atoms with van der Waals surface area (Å²) >= 11 is 6.30. The smallest absolute Gasteiger partial charge is 0.332 e. The van der Waals surface area contributed by atoms with Crippen LogP contribution in [0, 0.1) is 0 Å². The lowest BCUT2D eigenvalue weighted by Gasteiger charge is -2.43. The van der Waals surface area contributed by atoms with Gasteiger partial charge in [0.05, 0.1) is 6.54 Å². The maximum absolute atomic E-state index is 13.6. The predicted molar refractivity (Wildman–Crippen MR) is 132 cm³/mol. The van der Waals surface area contributed by atoms with Gasteiger partial charge in [-0.25, -0.2) is 4.79 Å². The van der Waals surface area contributed by atoms with Crippen molar-refractivity contribution >= 4 is 34.6 Å². The molecule has 178 valence electrons. The molecular weight excluding hydrogens is 456 g/mol.